The Morgan fingerprint density at radius 1 is 1.04 bits per heavy atom. The van der Waals surface area contributed by atoms with Crippen LogP contribution in [0.4, 0.5) is 5.69 Å². The van der Waals surface area contributed by atoms with Gasteiger partial charge in [0.15, 0.2) is 5.78 Å². The van der Waals surface area contributed by atoms with E-state index in [-0.39, 0.29) is 11.7 Å². The molecule has 2 aromatic rings. The molecule has 0 aliphatic heterocycles. The Bertz CT molecular complexity index is 781. The first-order valence-corrected chi connectivity index (χ1v) is 7.36. The van der Waals surface area contributed by atoms with E-state index >= 15 is 0 Å². The van der Waals surface area contributed by atoms with Crippen molar-refractivity contribution in [2.75, 3.05) is 19.5 Å². The van der Waals surface area contributed by atoms with Gasteiger partial charge in [-0.05, 0) is 43.3 Å². The maximum Gasteiger partial charge on any atom is 0.248 e. The van der Waals surface area contributed by atoms with Crippen molar-refractivity contribution < 1.29 is 19.1 Å². The number of methoxy groups -OCH3 is 2. The number of ketones is 1. The van der Waals surface area contributed by atoms with Crippen molar-refractivity contribution in [2.45, 2.75) is 6.92 Å². The zero-order valence-corrected chi connectivity index (χ0v) is 13.8. The fourth-order valence-electron chi connectivity index (χ4n) is 2.21. The van der Waals surface area contributed by atoms with E-state index in [0.717, 1.165) is 0 Å². The number of rotatable bonds is 6. The first kappa shape index (κ1) is 17.3. The molecule has 5 heteroatoms. The highest BCUT2D eigenvalue weighted by atomic mass is 16.5. The second-order valence-corrected chi connectivity index (χ2v) is 5.03. The van der Waals surface area contributed by atoms with Gasteiger partial charge in [-0.3, -0.25) is 9.59 Å². The minimum atomic E-state index is -0.339. The topological polar surface area (TPSA) is 64.6 Å². The average molecular weight is 325 g/mol. The second-order valence-electron chi connectivity index (χ2n) is 5.03. The van der Waals surface area contributed by atoms with Crippen LogP contribution in [0.25, 0.3) is 6.08 Å². The minimum Gasteiger partial charge on any atom is -0.497 e. The zero-order valence-electron chi connectivity index (χ0n) is 13.8. The summed E-state index contributed by atoms with van der Waals surface area (Å²) in [5.41, 5.74) is 1.67. The molecule has 2 aromatic carbocycles. The molecule has 0 bridgehead atoms. The molecule has 24 heavy (non-hydrogen) atoms. The predicted octanol–water partition coefficient (Wildman–Crippen LogP) is 3.56. The van der Waals surface area contributed by atoms with Crippen molar-refractivity contribution in [2.24, 2.45) is 0 Å². The summed E-state index contributed by atoms with van der Waals surface area (Å²) >= 11 is 0. The van der Waals surface area contributed by atoms with Crippen LogP contribution in [0.3, 0.4) is 0 Å². The van der Waals surface area contributed by atoms with Crippen molar-refractivity contribution in [1.29, 1.82) is 0 Å². The van der Waals surface area contributed by atoms with Crippen LogP contribution in [0.15, 0.2) is 48.5 Å². The summed E-state index contributed by atoms with van der Waals surface area (Å²) in [5.74, 6) is 0.847. The summed E-state index contributed by atoms with van der Waals surface area (Å²) in [5, 5.41) is 2.71. The van der Waals surface area contributed by atoms with Crippen LogP contribution >= 0.6 is 0 Å². The highest BCUT2D eigenvalue weighted by Gasteiger charge is 2.08. The second kappa shape index (κ2) is 7.97. The van der Waals surface area contributed by atoms with E-state index in [9.17, 15) is 9.59 Å². The molecule has 0 aliphatic rings. The average Bonchev–Trinajstić information content (AvgIpc) is 2.59. The van der Waals surface area contributed by atoms with Crippen molar-refractivity contribution in [3.8, 4) is 11.5 Å². The number of ether oxygens (including phenoxy) is 2. The van der Waals surface area contributed by atoms with Crippen LogP contribution in [-0.2, 0) is 4.79 Å². The molecule has 0 aromatic heterocycles. The van der Waals surface area contributed by atoms with Crippen molar-refractivity contribution in [3.05, 3.63) is 59.7 Å². The predicted molar refractivity (Wildman–Crippen MR) is 93.7 cm³/mol. The molecule has 0 spiro atoms. The van der Waals surface area contributed by atoms with Gasteiger partial charge in [0, 0.05) is 17.2 Å². The SMILES string of the molecule is COc1ccc(OC)c(/C=C/C(=O)Nc2ccccc2C(C)=O)c1. The van der Waals surface area contributed by atoms with Crippen molar-refractivity contribution in [3.63, 3.8) is 0 Å². The first-order chi connectivity index (χ1) is 11.5. The van der Waals surface area contributed by atoms with Gasteiger partial charge < -0.3 is 14.8 Å². The number of para-hydroxylation sites is 1. The third-order valence-electron chi connectivity index (χ3n) is 3.42. The lowest BCUT2D eigenvalue weighted by molar-refractivity contribution is -0.111. The molecular formula is C19H19NO4. The molecule has 0 saturated carbocycles. The van der Waals surface area contributed by atoms with Gasteiger partial charge in [0.25, 0.3) is 0 Å². The van der Waals surface area contributed by atoms with Gasteiger partial charge in [-0.1, -0.05) is 12.1 Å². The molecule has 0 atom stereocenters. The number of hydrogen-bond donors (Lipinski definition) is 1. The van der Waals surface area contributed by atoms with Crippen molar-refractivity contribution in [1.82, 2.24) is 0 Å². The molecule has 0 unspecified atom stereocenters. The van der Waals surface area contributed by atoms with Crippen LogP contribution in [0, 0.1) is 0 Å². The standard InChI is InChI=1S/C19H19NO4/c1-13(21)16-6-4-5-7-17(16)20-19(22)11-8-14-12-15(23-2)9-10-18(14)24-3/h4-12H,1-3H3,(H,20,22)/b11-8+. The lowest BCUT2D eigenvalue weighted by Crippen LogP contribution is -2.11. The van der Waals surface area contributed by atoms with E-state index in [1.54, 1.807) is 62.8 Å². The third kappa shape index (κ3) is 4.23. The number of carbonyl (C=O) groups excluding carboxylic acids is 2. The maximum absolute atomic E-state index is 12.1. The highest BCUT2D eigenvalue weighted by molar-refractivity contribution is 6.07. The zero-order chi connectivity index (χ0) is 17.5. The molecule has 1 amide bonds. The van der Waals surface area contributed by atoms with E-state index < -0.39 is 0 Å². The van der Waals surface area contributed by atoms with Gasteiger partial charge in [0.1, 0.15) is 11.5 Å². The summed E-state index contributed by atoms with van der Waals surface area (Å²) in [7, 11) is 3.13. The third-order valence-corrected chi connectivity index (χ3v) is 3.42. The quantitative estimate of drug-likeness (QED) is 0.651. The smallest absolute Gasteiger partial charge is 0.248 e. The molecule has 0 heterocycles. The summed E-state index contributed by atoms with van der Waals surface area (Å²) in [6.45, 7) is 1.46. The normalized spacial score (nSPS) is 10.5. The lowest BCUT2D eigenvalue weighted by Gasteiger charge is -2.08. The van der Waals surface area contributed by atoms with Gasteiger partial charge >= 0.3 is 0 Å². The van der Waals surface area contributed by atoms with Crippen LogP contribution in [0.2, 0.25) is 0 Å². The van der Waals surface area contributed by atoms with E-state index in [4.69, 9.17) is 9.47 Å². The number of carbonyl (C=O) groups is 2. The number of nitrogens with one attached hydrogen (secondary N) is 1. The van der Waals surface area contributed by atoms with Crippen LogP contribution in [0.1, 0.15) is 22.8 Å². The molecule has 0 aliphatic carbocycles. The fraction of sp³-hybridized carbons (Fsp3) is 0.158. The van der Waals surface area contributed by atoms with Gasteiger partial charge in [0.05, 0.1) is 19.9 Å². The number of anilines is 1. The Labute approximate surface area is 140 Å². The Kier molecular flexibility index (Phi) is 5.73. The molecule has 0 radical (unpaired) electrons. The summed E-state index contributed by atoms with van der Waals surface area (Å²) in [6.07, 6.45) is 3.02. The molecule has 5 nitrogen and oxygen atoms in total. The van der Waals surface area contributed by atoms with Gasteiger partial charge in [0.2, 0.25) is 5.91 Å². The van der Waals surface area contributed by atoms with E-state index in [1.165, 1.54) is 13.0 Å². The number of hydrogen-bond acceptors (Lipinski definition) is 4. The molecule has 124 valence electrons. The first-order valence-electron chi connectivity index (χ1n) is 7.36. The molecule has 0 fully saturated rings. The largest absolute Gasteiger partial charge is 0.497 e. The summed E-state index contributed by atoms with van der Waals surface area (Å²) < 4.78 is 10.4. The highest BCUT2D eigenvalue weighted by Crippen LogP contribution is 2.25. The van der Waals surface area contributed by atoms with Gasteiger partial charge in [-0.25, -0.2) is 0 Å². The lowest BCUT2D eigenvalue weighted by atomic mass is 10.1. The molecule has 0 saturated heterocycles. The number of amides is 1. The Morgan fingerprint density at radius 2 is 1.79 bits per heavy atom. The van der Waals surface area contributed by atoms with E-state index in [1.807, 2.05) is 0 Å². The minimum absolute atomic E-state index is 0.107. The van der Waals surface area contributed by atoms with Crippen LogP contribution < -0.4 is 14.8 Å². The summed E-state index contributed by atoms with van der Waals surface area (Å²) in [4.78, 5) is 23.7. The van der Waals surface area contributed by atoms with Gasteiger partial charge in [-0.2, -0.15) is 0 Å². The maximum atomic E-state index is 12.1. The Balaban J connectivity index is 2.18. The Morgan fingerprint density at radius 3 is 2.46 bits per heavy atom. The monoisotopic (exact) mass is 325 g/mol. The number of Topliss-reactive ketones (excluding diaryl/α,β-unsaturated/α-hetero) is 1. The molecule has 1 N–H and O–H groups in total. The van der Waals surface area contributed by atoms with Crippen LogP contribution in [0.5, 0.6) is 11.5 Å². The molecule has 2 rings (SSSR count). The fourth-order valence-corrected chi connectivity index (χ4v) is 2.21. The van der Waals surface area contributed by atoms with E-state index in [2.05, 4.69) is 5.32 Å². The summed E-state index contributed by atoms with van der Waals surface area (Å²) in [6, 6.07) is 12.2. The van der Waals surface area contributed by atoms with Crippen LogP contribution in [-0.4, -0.2) is 25.9 Å². The Hall–Kier alpha value is -3.08. The molecular weight excluding hydrogens is 306 g/mol. The van der Waals surface area contributed by atoms with Crippen molar-refractivity contribution >= 4 is 23.5 Å². The number of benzene rings is 2. The van der Waals surface area contributed by atoms with E-state index in [0.29, 0.717) is 28.3 Å². The van der Waals surface area contributed by atoms with Gasteiger partial charge in [-0.15, -0.1) is 0 Å².